The molecule has 18 heavy (non-hydrogen) atoms. The van der Waals surface area contributed by atoms with Crippen molar-refractivity contribution in [3.05, 3.63) is 0 Å². The molecule has 0 radical (unpaired) electrons. The maximum absolute atomic E-state index is 11.6. The van der Waals surface area contributed by atoms with Gasteiger partial charge in [-0.05, 0) is 12.3 Å². The summed E-state index contributed by atoms with van der Waals surface area (Å²) in [7, 11) is 1.22. The van der Waals surface area contributed by atoms with E-state index in [1.807, 2.05) is 0 Å². The minimum atomic E-state index is -1.12. The summed E-state index contributed by atoms with van der Waals surface area (Å²) in [6.07, 6.45) is 0.361. The topological polar surface area (TPSA) is 105 Å². The molecule has 2 atom stereocenters. The third kappa shape index (κ3) is 5.03. The van der Waals surface area contributed by atoms with Crippen LogP contribution >= 0.6 is 0 Å². The highest BCUT2D eigenvalue weighted by Crippen LogP contribution is 2.02. The number of aliphatic carboxylic acids is 1. The molecule has 1 unspecified atom stereocenters. The van der Waals surface area contributed by atoms with Gasteiger partial charge in [-0.25, -0.2) is 14.4 Å². The highest BCUT2D eigenvalue weighted by molar-refractivity contribution is 5.86. The van der Waals surface area contributed by atoms with Gasteiger partial charge in [0, 0.05) is 0 Å². The molecular weight excluding hydrogens is 240 g/mol. The molecule has 0 rings (SSSR count). The standard InChI is InChI=1S/C11H20N2O5/c1-5-7(10(16)18-4)12-11(17)13-8(6(2)3)9(14)15/h6-8H,5H2,1-4H3,(H,14,15)(H2,12,13,17)/t7?,8-/m1/s1. The van der Waals surface area contributed by atoms with E-state index < -0.39 is 30.1 Å². The third-order valence-electron chi connectivity index (χ3n) is 2.42. The summed E-state index contributed by atoms with van der Waals surface area (Å²) in [6.45, 7) is 5.06. The van der Waals surface area contributed by atoms with Crippen molar-refractivity contribution in [2.45, 2.75) is 39.3 Å². The molecule has 0 aromatic rings. The lowest BCUT2D eigenvalue weighted by molar-refractivity contribution is -0.142. The number of carbonyl (C=O) groups is 3. The first-order valence-corrected chi connectivity index (χ1v) is 5.71. The van der Waals surface area contributed by atoms with Crippen LogP contribution in [0.3, 0.4) is 0 Å². The van der Waals surface area contributed by atoms with E-state index in [2.05, 4.69) is 15.4 Å². The van der Waals surface area contributed by atoms with Gasteiger partial charge in [-0.3, -0.25) is 0 Å². The van der Waals surface area contributed by atoms with E-state index in [1.54, 1.807) is 20.8 Å². The Bertz CT molecular complexity index is 317. The van der Waals surface area contributed by atoms with Crippen molar-refractivity contribution in [2.24, 2.45) is 5.92 Å². The Balaban J connectivity index is 4.48. The molecule has 0 bridgehead atoms. The van der Waals surface area contributed by atoms with Crippen molar-refractivity contribution < 1.29 is 24.2 Å². The number of hydrogen-bond donors (Lipinski definition) is 3. The lowest BCUT2D eigenvalue weighted by Crippen LogP contribution is -2.52. The second-order valence-electron chi connectivity index (χ2n) is 4.16. The molecule has 104 valence electrons. The maximum Gasteiger partial charge on any atom is 0.328 e. The molecule has 0 heterocycles. The fourth-order valence-corrected chi connectivity index (χ4v) is 1.32. The number of amides is 2. The summed E-state index contributed by atoms with van der Waals surface area (Å²) in [4.78, 5) is 33.7. The van der Waals surface area contributed by atoms with Crippen LogP contribution in [0.5, 0.6) is 0 Å². The Hall–Kier alpha value is -1.79. The van der Waals surface area contributed by atoms with Gasteiger partial charge in [0.05, 0.1) is 7.11 Å². The second kappa shape index (κ2) is 7.52. The largest absolute Gasteiger partial charge is 0.480 e. The summed E-state index contributed by atoms with van der Waals surface area (Å²) in [5.41, 5.74) is 0. The van der Waals surface area contributed by atoms with Gasteiger partial charge in [0.2, 0.25) is 0 Å². The van der Waals surface area contributed by atoms with Crippen LogP contribution in [0.15, 0.2) is 0 Å². The number of carboxylic acids is 1. The van der Waals surface area contributed by atoms with E-state index in [0.29, 0.717) is 6.42 Å². The minimum Gasteiger partial charge on any atom is -0.480 e. The lowest BCUT2D eigenvalue weighted by atomic mass is 10.1. The molecule has 7 heteroatoms. The Morgan fingerprint density at radius 1 is 1.22 bits per heavy atom. The molecule has 7 nitrogen and oxygen atoms in total. The Morgan fingerprint density at radius 3 is 2.11 bits per heavy atom. The molecular formula is C11H20N2O5. The summed E-state index contributed by atoms with van der Waals surface area (Å²) < 4.78 is 4.51. The van der Waals surface area contributed by atoms with Gasteiger partial charge in [-0.15, -0.1) is 0 Å². The molecule has 0 aliphatic heterocycles. The lowest BCUT2D eigenvalue weighted by Gasteiger charge is -2.20. The van der Waals surface area contributed by atoms with Gasteiger partial charge in [0.15, 0.2) is 0 Å². The Kier molecular flexibility index (Phi) is 6.77. The molecule has 0 aliphatic carbocycles. The van der Waals surface area contributed by atoms with Crippen molar-refractivity contribution in [1.29, 1.82) is 0 Å². The zero-order chi connectivity index (χ0) is 14.3. The third-order valence-corrected chi connectivity index (χ3v) is 2.42. The fourth-order valence-electron chi connectivity index (χ4n) is 1.32. The zero-order valence-electron chi connectivity index (χ0n) is 11.0. The van der Waals surface area contributed by atoms with Crippen molar-refractivity contribution in [3.8, 4) is 0 Å². The number of nitrogens with one attached hydrogen (secondary N) is 2. The summed E-state index contributed by atoms with van der Waals surface area (Å²) >= 11 is 0. The van der Waals surface area contributed by atoms with Crippen LogP contribution in [-0.2, 0) is 14.3 Å². The second-order valence-corrected chi connectivity index (χ2v) is 4.16. The fraction of sp³-hybridized carbons (Fsp3) is 0.727. The van der Waals surface area contributed by atoms with E-state index in [4.69, 9.17) is 5.11 Å². The quantitative estimate of drug-likeness (QED) is 0.597. The van der Waals surface area contributed by atoms with E-state index in [-0.39, 0.29) is 5.92 Å². The number of ether oxygens (including phenoxy) is 1. The average molecular weight is 260 g/mol. The van der Waals surface area contributed by atoms with Gasteiger partial charge in [0.1, 0.15) is 12.1 Å². The molecule has 0 fully saturated rings. The van der Waals surface area contributed by atoms with Crippen LogP contribution < -0.4 is 10.6 Å². The highest BCUT2D eigenvalue weighted by Gasteiger charge is 2.25. The summed E-state index contributed by atoms with van der Waals surface area (Å²) in [6, 6.07) is -2.48. The molecule has 0 saturated carbocycles. The predicted octanol–water partition coefficient (Wildman–Crippen LogP) is 0.346. The van der Waals surface area contributed by atoms with Crippen LogP contribution in [-0.4, -0.2) is 42.3 Å². The van der Waals surface area contributed by atoms with E-state index in [9.17, 15) is 14.4 Å². The van der Waals surface area contributed by atoms with Crippen molar-refractivity contribution in [3.63, 3.8) is 0 Å². The number of urea groups is 1. The van der Waals surface area contributed by atoms with Gasteiger partial charge in [-0.2, -0.15) is 0 Å². The first-order chi connectivity index (χ1) is 8.33. The summed E-state index contributed by atoms with van der Waals surface area (Å²) in [5, 5.41) is 13.6. The van der Waals surface area contributed by atoms with Gasteiger partial charge < -0.3 is 20.5 Å². The number of carboxylic acid groups (broad SMARTS) is 1. The molecule has 0 aliphatic rings. The van der Waals surface area contributed by atoms with E-state index in [0.717, 1.165) is 0 Å². The Morgan fingerprint density at radius 2 is 1.78 bits per heavy atom. The number of methoxy groups -OCH3 is 1. The predicted molar refractivity (Wildman–Crippen MR) is 64.0 cm³/mol. The van der Waals surface area contributed by atoms with Gasteiger partial charge in [-0.1, -0.05) is 20.8 Å². The monoisotopic (exact) mass is 260 g/mol. The molecule has 0 aromatic heterocycles. The number of carbonyl (C=O) groups excluding carboxylic acids is 2. The van der Waals surface area contributed by atoms with Crippen LogP contribution in [0.1, 0.15) is 27.2 Å². The van der Waals surface area contributed by atoms with Crippen molar-refractivity contribution in [2.75, 3.05) is 7.11 Å². The summed E-state index contributed by atoms with van der Waals surface area (Å²) in [5.74, 6) is -1.94. The zero-order valence-corrected chi connectivity index (χ0v) is 11.0. The molecule has 3 N–H and O–H groups in total. The minimum absolute atomic E-state index is 0.258. The van der Waals surface area contributed by atoms with Crippen LogP contribution in [0.4, 0.5) is 4.79 Å². The van der Waals surface area contributed by atoms with Gasteiger partial charge in [0.25, 0.3) is 0 Å². The Labute approximate surface area is 106 Å². The van der Waals surface area contributed by atoms with Crippen LogP contribution in [0.2, 0.25) is 0 Å². The molecule has 2 amide bonds. The molecule has 0 saturated heterocycles. The van der Waals surface area contributed by atoms with Crippen LogP contribution in [0, 0.1) is 5.92 Å². The maximum atomic E-state index is 11.6. The SMILES string of the molecule is CCC(NC(=O)N[C@@H](C(=O)O)C(C)C)C(=O)OC. The first kappa shape index (κ1) is 16.2. The van der Waals surface area contributed by atoms with Crippen LogP contribution in [0.25, 0.3) is 0 Å². The highest BCUT2D eigenvalue weighted by atomic mass is 16.5. The molecule has 0 spiro atoms. The number of rotatable bonds is 6. The molecule has 0 aromatic carbocycles. The van der Waals surface area contributed by atoms with Crippen molar-refractivity contribution >= 4 is 18.0 Å². The van der Waals surface area contributed by atoms with E-state index in [1.165, 1.54) is 7.11 Å². The average Bonchev–Trinajstić information content (AvgIpc) is 2.31. The number of esters is 1. The van der Waals surface area contributed by atoms with E-state index >= 15 is 0 Å². The van der Waals surface area contributed by atoms with Gasteiger partial charge >= 0.3 is 18.0 Å². The normalized spacial score (nSPS) is 13.6. The first-order valence-electron chi connectivity index (χ1n) is 5.71. The smallest absolute Gasteiger partial charge is 0.328 e. The number of hydrogen-bond acceptors (Lipinski definition) is 4. The van der Waals surface area contributed by atoms with Crippen molar-refractivity contribution in [1.82, 2.24) is 10.6 Å².